The Morgan fingerprint density at radius 3 is 2.81 bits per heavy atom. The molecule has 0 bridgehead atoms. The molecule has 0 spiro atoms. The van der Waals surface area contributed by atoms with Crippen molar-refractivity contribution in [2.45, 2.75) is 31.8 Å². The van der Waals surface area contributed by atoms with E-state index in [1.807, 2.05) is 17.1 Å². The fourth-order valence-corrected chi connectivity index (χ4v) is 2.98. The van der Waals surface area contributed by atoms with E-state index in [0.717, 1.165) is 18.8 Å². The van der Waals surface area contributed by atoms with Crippen LogP contribution >= 0.6 is 0 Å². The van der Waals surface area contributed by atoms with Crippen LogP contribution in [0.15, 0.2) is 43.0 Å². The van der Waals surface area contributed by atoms with E-state index >= 15 is 0 Å². The lowest BCUT2D eigenvalue weighted by Crippen LogP contribution is -2.42. The van der Waals surface area contributed by atoms with E-state index in [1.165, 1.54) is 31.4 Å². The molecular formula is C17H24N4. The van der Waals surface area contributed by atoms with Crippen LogP contribution < -0.4 is 5.32 Å². The molecule has 1 unspecified atom stereocenters. The third-order valence-corrected chi connectivity index (χ3v) is 4.37. The first-order chi connectivity index (χ1) is 10.3. The topological polar surface area (TPSA) is 33.1 Å². The molecule has 1 aliphatic rings. The second kappa shape index (κ2) is 6.87. The maximum absolute atomic E-state index is 4.08. The Morgan fingerprint density at radius 1 is 1.24 bits per heavy atom. The molecule has 2 aromatic rings. The molecule has 21 heavy (non-hydrogen) atoms. The molecule has 0 saturated carbocycles. The third-order valence-electron chi connectivity index (χ3n) is 4.37. The van der Waals surface area contributed by atoms with Crippen LogP contribution in [0.4, 0.5) is 0 Å². The molecule has 0 radical (unpaired) electrons. The number of rotatable bonds is 5. The van der Waals surface area contributed by atoms with Crippen LogP contribution in [-0.4, -0.2) is 40.6 Å². The number of hydrogen-bond acceptors (Lipinski definition) is 3. The van der Waals surface area contributed by atoms with E-state index in [2.05, 4.69) is 46.5 Å². The lowest BCUT2D eigenvalue weighted by atomic mass is 10.0. The van der Waals surface area contributed by atoms with Gasteiger partial charge in [-0.2, -0.15) is 0 Å². The number of piperidine rings is 1. The van der Waals surface area contributed by atoms with Crippen molar-refractivity contribution in [3.05, 3.63) is 48.5 Å². The second-order valence-corrected chi connectivity index (χ2v) is 5.90. The van der Waals surface area contributed by atoms with Crippen LogP contribution in [0.2, 0.25) is 0 Å². The molecule has 1 aromatic heterocycles. The summed E-state index contributed by atoms with van der Waals surface area (Å²) in [6, 6.07) is 9.36. The number of imidazole rings is 1. The number of likely N-dealkylation sites (N-methyl/N-ethyl adjacent to an activating group) is 1. The van der Waals surface area contributed by atoms with Crippen LogP contribution in [0.5, 0.6) is 0 Å². The highest BCUT2D eigenvalue weighted by atomic mass is 15.2. The number of aromatic nitrogens is 2. The Balaban J connectivity index is 1.49. The van der Waals surface area contributed by atoms with E-state index in [9.17, 15) is 0 Å². The maximum atomic E-state index is 4.08. The largest absolute Gasteiger partial charge is 0.311 e. The zero-order valence-corrected chi connectivity index (χ0v) is 12.7. The van der Waals surface area contributed by atoms with Crippen molar-refractivity contribution in [3.8, 4) is 5.69 Å². The predicted molar refractivity (Wildman–Crippen MR) is 85.5 cm³/mol. The third kappa shape index (κ3) is 3.71. The molecule has 1 aliphatic heterocycles. The van der Waals surface area contributed by atoms with Crippen molar-refractivity contribution in [2.75, 3.05) is 20.1 Å². The van der Waals surface area contributed by atoms with Gasteiger partial charge in [-0.1, -0.05) is 18.6 Å². The molecule has 4 heteroatoms. The van der Waals surface area contributed by atoms with Crippen LogP contribution in [0.3, 0.4) is 0 Å². The van der Waals surface area contributed by atoms with Crippen LogP contribution in [0, 0.1) is 0 Å². The Labute approximate surface area is 126 Å². The van der Waals surface area contributed by atoms with Gasteiger partial charge in [-0.3, -0.25) is 0 Å². The Hall–Kier alpha value is -1.65. The van der Waals surface area contributed by atoms with Crippen LogP contribution in [0.1, 0.15) is 24.8 Å². The Bertz CT molecular complexity index is 532. The molecule has 1 N–H and O–H groups in total. The molecule has 4 nitrogen and oxygen atoms in total. The van der Waals surface area contributed by atoms with Crippen molar-refractivity contribution in [1.29, 1.82) is 0 Å². The number of hydrogen-bond donors (Lipinski definition) is 1. The minimum Gasteiger partial charge on any atom is -0.311 e. The van der Waals surface area contributed by atoms with Gasteiger partial charge < -0.3 is 14.8 Å². The molecule has 3 rings (SSSR count). The first-order valence-corrected chi connectivity index (χ1v) is 7.81. The van der Waals surface area contributed by atoms with Gasteiger partial charge in [0.15, 0.2) is 0 Å². The maximum Gasteiger partial charge on any atom is 0.0991 e. The highest BCUT2D eigenvalue weighted by Crippen LogP contribution is 2.14. The van der Waals surface area contributed by atoms with Gasteiger partial charge in [-0.15, -0.1) is 0 Å². The van der Waals surface area contributed by atoms with Crippen molar-refractivity contribution >= 4 is 0 Å². The van der Waals surface area contributed by atoms with E-state index in [0.29, 0.717) is 6.04 Å². The summed E-state index contributed by atoms with van der Waals surface area (Å²) >= 11 is 0. The average molecular weight is 284 g/mol. The minimum absolute atomic E-state index is 0.698. The molecule has 1 atom stereocenters. The normalized spacial score (nSPS) is 19.8. The zero-order chi connectivity index (χ0) is 14.5. The molecule has 1 fully saturated rings. The first-order valence-electron chi connectivity index (χ1n) is 7.81. The van der Waals surface area contributed by atoms with Gasteiger partial charge in [0.2, 0.25) is 0 Å². The number of nitrogens with one attached hydrogen (secondary N) is 1. The molecule has 1 saturated heterocycles. The predicted octanol–water partition coefficient (Wildman–Crippen LogP) is 2.45. The average Bonchev–Trinajstić information content (AvgIpc) is 3.04. The Kier molecular flexibility index (Phi) is 4.68. The summed E-state index contributed by atoms with van der Waals surface area (Å²) in [5, 5.41) is 3.60. The molecular weight excluding hydrogens is 260 g/mol. The van der Waals surface area contributed by atoms with Crippen molar-refractivity contribution < 1.29 is 0 Å². The van der Waals surface area contributed by atoms with Gasteiger partial charge >= 0.3 is 0 Å². The fourth-order valence-electron chi connectivity index (χ4n) is 2.98. The summed E-state index contributed by atoms with van der Waals surface area (Å²) in [6.45, 7) is 3.26. The molecule has 1 aromatic carbocycles. The summed E-state index contributed by atoms with van der Waals surface area (Å²) in [5.74, 6) is 0. The second-order valence-electron chi connectivity index (χ2n) is 5.90. The van der Waals surface area contributed by atoms with Gasteiger partial charge in [-0.05, 0) is 44.1 Å². The standard InChI is InChI=1S/C17H24N4/c1-20-10-3-2-4-17(20)13-19-12-15-5-7-16(8-6-15)21-11-9-18-14-21/h5-9,11,14,17,19H,2-4,10,12-13H2,1H3. The van der Waals surface area contributed by atoms with Gasteiger partial charge in [0.25, 0.3) is 0 Å². The Morgan fingerprint density at radius 2 is 2.10 bits per heavy atom. The van der Waals surface area contributed by atoms with Crippen LogP contribution in [0.25, 0.3) is 5.69 Å². The van der Waals surface area contributed by atoms with Gasteiger partial charge in [0, 0.05) is 37.2 Å². The minimum atomic E-state index is 0.698. The summed E-state index contributed by atoms with van der Waals surface area (Å²) < 4.78 is 2.02. The highest BCUT2D eigenvalue weighted by Gasteiger charge is 2.17. The summed E-state index contributed by atoms with van der Waals surface area (Å²) in [6.07, 6.45) is 9.64. The number of nitrogens with zero attached hydrogens (tertiary/aromatic N) is 3. The number of benzene rings is 1. The molecule has 2 heterocycles. The quantitative estimate of drug-likeness (QED) is 0.915. The summed E-state index contributed by atoms with van der Waals surface area (Å²) in [7, 11) is 2.24. The first kappa shape index (κ1) is 14.3. The van der Waals surface area contributed by atoms with Crippen LogP contribution in [-0.2, 0) is 6.54 Å². The summed E-state index contributed by atoms with van der Waals surface area (Å²) in [5.41, 5.74) is 2.49. The van der Waals surface area contributed by atoms with E-state index in [1.54, 1.807) is 6.20 Å². The van der Waals surface area contributed by atoms with Crippen molar-refractivity contribution in [3.63, 3.8) is 0 Å². The molecule has 0 amide bonds. The summed E-state index contributed by atoms with van der Waals surface area (Å²) in [4.78, 5) is 6.56. The lowest BCUT2D eigenvalue weighted by Gasteiger charge is -2.32. The van der Waals surface area contributed by atoms with E-state index in [4.69, 9.17) is 0 Å². The molecule has 112 valence electrons. The van der Waals surface area contributed by atoms with Gasteiger partial charge in [0.05, 0.1) is 6.33 Å². The van der Waals surface area contributed by atoms with Crippen molar-refractivity contribution in [1.82, 2.24) is 19.8 Å². The van der Waals surface area contributed by atoms with Crippen molar-refractivity contribution in [2.24, 2.45) is 0 Å². The van der Waals surface area contributed by atoms with E-state index < -0.39 is 0 Å². The van der Waals surface area contributed by atoms with E-state index in [-0.39, 0.29) is 0 Å². The fraction of sp³-hybridized carbons (Fsp3) is 0.471. The molecule has 0 aliphatic carbocycles. The van der Waals surface area contributed by atoms with Gasteiger partial charge in [-0.25, -0.2) is 4.98 Å². The van der Waals surface area contributed by atoms with Gasteiger partial charge in [0.1, 0.15) is 0 Å². The number of likely N-dealkylation sites (tertiary alicyclic amines) is 1. The highest BCUT2D eigenvalue weighted by molar-refractivity contribution is 5.34. The zero-order valence-electron chi connectivity index (χ0n) is 12.7. The smallest absolute Gasteiger partial charge is 0.0991 e. The SMILES string of the molecule is CN1CCCCC1CNCc1ccc(-n2ccnc2)cc1. The lowest BCUT2D eigenvalue weighted by molar-refractivity contribution is 0.181. The monoisotopic (exact) mass is 284 g/mol.